The Hall–Kier alpha value is -3.02. The molecule has 2 aromatic heterocycles. The van der Waals surface area contributed by atoms with Crippen molar-refractivity contribution in [1.29, 1.82) is 0 Å². The first-order valence-corrected chi connectivity index (χ1v) is 12.3. The van der Waals surface area contributed by atoms with Crippen molar-refractivity contribution in [2.24, 2.45) is 0 Å². The highest BCUT2D eigenvalue weighted by Crippen LogP contribution is 2.38. The number of carbonyl (C=O) groups excluding carboxylic acids is 2. The van der Waals surface area contributed by atoms with Crippen molar-refractivity contribution in [2.75, 3.05) is 6.54 Å². The second-order valence-electron chi connectivity index (χ2n) is 9.93. The van der Waals surface area contributed by atoms with Gasteiger partial charge in [0.25, 0.3) is 5.91 Å². The van der Waals surface area contributed by atoms with E-state index >= 15 is 0 Å². The molecule has 0 bridgehead atoms. The van der Waals surface area contributed by atoms with Crippen LogP contribution in [0, 0.1) is 6.92 Å². The van der Waals surface area contributed by atoms with Gasteiger partial charge in [0.2, 0.25) is 5.91 Å². The van der Waals surface area contributed by atoms with Crippen molar-refractivity contribution < 1.29 is 9.59 Å². The normalized spacial score (nSPS) is 21.4. The molecule has 6 heteroatoms. The lowest BCUT2D eigenvalue weighted by molar-refractivity contribution is -0.133. The summed E-state index contributed by atoms with van der Waals surface area (Å²) < 4.78 is 4.11. The van der Waals surface area contributed by atoms with Gasteiger partial charge in [-0.1, -0.05) is 37.8 Å². The van der Waals surface area contributed by atoms with Gasteiger partial charge in [0.1, 0.15) is 11.2 Å². The van der Waals surface area contributed by atoms with Crippen LogP contribution in [0.2, 0.25) is 0 Å². The number of hydrogen-bond acceptors (Lipinski definition) is 2. The third-order valence-corrected chi connectivity index (χ3v) is 7.44. The van der Waals surface area contributed by atoms with E-state index in [0.29, 0.717) is 18.8 Å². The molecule has 1 aliphatic heterocycles. The van der Waals surface area contributed by atoms with E-state index in [9.17, 15) is 9.59 Å². The van der Waals surface area contributed by atoms with Gasteiger partial charge in [-0.2, -0.15) is 0 Å². The molecule has 174 valence electrons. The fourth-order valence-corrected chi connectivity index (χ4v) is 5.68. The molecule has 5 rings (SSSR count). The molecule has 0 saturated heterocycles. The van der Waals surface area contributed by atoms with Crippen LogP contribution in [0.5, 0.6) is 0 Å². The van der Waals surface area contributed by atoms with E-state index in [2.05, 4.69) is 41.9 Å². The maximum absolute atomic E-state index is 14.1. The fraction of sp³-hybridized carbons (Fsp3) is 0.481. The second kappa shape index (κ2) is 8.40. The van der Waals surface area contributed by atoms with Crippen molar-refractivity contribution in [1.82, 2.24) is 19.4 Å². The van der Waals surface area contributed by atoms with Gasteiger partial charge in [0.05, 0.1) is 17.7 Å². The van der Waals surface area contributed by atoms with Gasteiger partial charge in [0, 0.05) is 30.4 Å². The van der Waals surface area contributed by atoms with Crippen LogP contribution in [0.25, 0.3) is 16.6 Å². The highest BCUT2D eigenvalue weighted by atomic mass is 16.2. The predicted octanol–water partition coefficient (Wildman–Crippen LogP) is 4.81. The Bertz CT molecular complexity index is 1190. The summed E-state index contributed by atoms with van der Waals surface area (Å²) in [6.07, 6.45) is 10.4. The predicted molar refractivity (Wildman–Crippen MR) is 131 cm³/mol. The Kier molecular flexibility index (Phi) is 5.55. The average Bonchev–Trinajstić information content (AvgIpc) is 3.43. The third-order valence-electron chi connectivity index (χ3n) is 7.44. The molecule has 2 aliphatic rings. The summed E-state index contributed by atoms with van der Waals surface area (Å²) in [5, 5.41) is 4.35. The topological polar surface area (TPSA) is 59.3 Å². The van der Waals surface area contributed by atoms with Gasteiger partial charge in [-0.25, -0.2) is 0 Å². The third kappa shape index (κ3) is 3.56. The standard InChI is InChI=1S/C27H34N4O2/c1-4-14-31-25(32)24-23(29-15-8-9-16-29)21-17-19(2)12-13-22(21)30(24)18-27(31,3)26(33)28-20-10-6-5-7-11-20/h8-9,12-13,15-17,20H,4-7,10-11,14,18H2,1-3H3,(H,28,33). The van der Waals surface area contributed by atoms with Crippen molar-refractivity contribution in [3.05, 3.63) is 54.0 Å². The maximum Gasteiger partial charge on any atom is 0.273 e. The molecule has 2 amide bonds. The molecule has 1 unspecified atom stereocenters. The number of carbonyl (C=O) groups is 2. The van der Waals surface area contributed by atoms with E-state index in [1.807, 2.05) is 40.9 Å². The van der Waals surface area contributed by atoms with E-state index in [4.69, 9.17) is 0 Å². The maximum atomic E-state index is 14.1. The van der Waals surface area contributed by atoms with Gasteiger partial charge < -0.3 is 19.4 Å². The van der Waals surface area contributed by atoms with Crippen LogP contribution >= 0.6 is 0 Å². The molecule has 3 aromatic rings. The monoisotopic (exact) mass is 446 g/mol. The number of fused-ring (bicyclic) bond motifs is 3. The Morgan fingerprint density at radius 3 is 2.58 bits per heavy atom. The van der Waals surface area contributed by atoms with Crippen LogP contribution in [-0.2, 0) is 11.3 Å². The fourth-order valence-electron chi connectivity index (χ4n) is 5.68. The number of nitrogens with one attached hydrogen (secondary N) is 1. The molecule has 0 radical (unpaired) electrons. The molecular formula is C27H34N4O2. The summed E-state index contributed by atoms with van der Waals surface area (Å²) in [7, 11) is 0. The van der Waals surface area contributed by atoms with Crippen LogP contribution in [0.4, 0.5) is 0 Å². The molecule has 1 fully saturated rings. The molecule has 0 spiro atoms. The van der Waals surface area contributed by atoms with Crippen molar-refractivity contribution in [2.45, 2.75) is 77.4 Å². The van der Waals surface area contributed by atoms with Gasteiger partial charge in [0.15, 0.2) is 0 Å². The molecule has 1 aliphatic carbocycles. The van der Waals surface area contributed by atoms with Crippen molar-refractivity contribution >= 4 is 22.7 Å². The Morgan fingerprint density at radius 2 is 1.88 bits per heavy atom. The second-order valence-corrected chi connectivity index (χ2v) is 9.93. The highest BCUT2D eigenvalue weighted by molar-refractivity contribution is 6.09. The summed E-state index contributed by atoms with van der Waals surface area (Å²) in [6, 6.07) is 10.5. The Labute approximate surface area is 195 Å². The lowest BCUT2D eigenvalue weighted by Gasteiger charge is -2.45. The minimum atomic E-state index is -0.928. The summed E-state index contributed by atoms with van der Waals surface area (Å²) in [5.74, 6) is -0.0970. The Morgan fingerprint density at radius 1 is 1.15 bits per heavy atom. The van der Waals surface area contributed by atoms with E-state index < -0.39 is 5.54 Å². The van der Waals surface area contributed by atoms with Crippen LogP contribution in [0.15, 0.2) is 42.7 Å². The number of aromatic nitrogens is 2. The number of nitrogens with zero attached hydrogens (tertiary/aromatic N) is 3. The van der Waals surface area contributed by atoms with Crippen molar-refractivity contribution in [3.63, 3.8) is 0 Å². The summed E-state index contributed by atoms with van der Waals surface area (Å²) in [4.78, 5) is 29.7. The molecule has 1 atom stereocenters. The first kappa shape index (κ1) is 21.8. The number of hydrogen-bond donors (Lipinski definition) is 1. The zero-order valence-electron chi connectivity index (χ0n) is 19.9. The minimum absolute atomic E-state index is 0.0293. The largest absolute Gasteiger partial charge is 0.351 e. The molecule has 6 nitrogen and oxygen atoms in total. The van der Waals surface area contributed by atoms with Crippen molar-refractivity contribution in [3.8, 4) is 5.69 Å². The van der Waals surface area contributed by atoms with Gasteiger partial charge in [-0.15, -0.1) is 0 Å². The zero-order valence-corrected chi connectivity index (χ0v) is 19.9. The van der Waals surface area contributed by atoms with E-state index in [1.54, 1.807) is 0 Å². The van der Waals surface area contributed by atoms with E-state index in [0.717, 1.165) is 54.3 Å². The number of benzene rings is 1. The molecule has 1 saturated carbocycles. The van der Waals surface area contributed by atoms with Crippen LogP contribution < -0.4 is 5.32 Å². The number of rotatable bonds is 5. The smallest absolute Gasteiger partial charge is 0.273 e. The molecular weight excluding hydrogens is 412 g/mol. The number of amides is 2. The average molecular weight is 447 g/mol. The highest BCUT2D eigenvalue weighted by Gasteiger charge is 2.49. The van der Waals surface area contributed by atoms with Gasteiger partial charge in [-0.05, 0) is 57.4 Å². The van der Waals surface area contributed by atoms with E-state index in [-0.39, 0.29) is 17.9 Å². The van der Waals surface area contributed by atoms with Gasteiger partial charge >= 0.3 is 0 Å². The Balaban J connectivity index is 1.65. The summed E-state index contributed by atoms with van der Waals surface area (Å²) in [6.45, 7) is 7.08. The first-order chi connectivity index (χ1) is 15.9. The summed E-state index contributed by atoms with van der Waals surface area (Å²) in [5.41, 5.74) is 2.79. The molecule has 3 heterocycles. The first-order valence-electron chi connectivity index (χ1n) is 12.3. The minimum Gasteiger partial charge on any atom is -0.351 e. The van der Waals surface area contributed by atoms with E-state index in [1.165, 1.54) is 6.42 Å². The molecule has 33 heavy (non-hydrogen) atoms. The van der Waals surface area contributed by atoms with Crippen LogP contribution in [0.1, 0.15) is 68.4 Å². The van der Waals surface area contributed by atoms with Gasteiger partial charge in [-0.3, -0.25) is 9.59 Å². The summed E-state index contributed by atoms with van der Waals surface area (Å²) >= 11 is 0. The lowest BCUT2D eigenvalue weighted by Crippen LogP contribution is -2.65. The lowest BCUT2D eigenvalue weighted by atomic mass is 9.91. The molecule has 1 N–H and O–H groups in total. The zero-order chi connectivity index (χ0) is 23.2. The molecule has 1 aromatic carbocycles. The van der Waals surface area contributed by atoms with Crippen LogP contribution in [0.3, 0.4) is 0 Å². The quantitative estimate of drug-likeness (QED) is 0.611. The SMILES string of the molecule is CCCN1C(=O)c2c(-n3cccc3)c3cc(C)ccc3n2CC1(C)C(=O)NC1CCCCC1. The number of aryl methyl sites for hydroxylation is 1. The van der Waals surface area contributed by atoms with Crippen LogP contribution in [-0.4, -0.2) is 44.0 Å².